The normalized spacial score (nSPS) is 10.9. The second-order valence-electron chi connectivity index (χ2n) is 4.31. The second kappa shape index (κ2) is 5.34. The molecule has 2 rings (SSSR count). The highest BCUT2D eigenvalue weighted by atomic mass is 79.9. The van der Waals surface area contributed by atoms with E-state index in [-0.39, 0.29) is 0 Å². The van der Waals surface area contributed by atoms with Gasteiger partial charge in [0, 0.05) is 17.2 Å². The molecular weight excluding hydrogens is 296 g/mol. The van der Waals surface area contributed by atoms with Crippen molar-refractivity contribution < 1.29 is 0 Å². The van der Waals surface area contributed by atoms with Crippen molar-refractivity contribution in [1.82, 2.24) is 19.7 Å². The minimum Gasteiger partial charge on any atom is -0.368 e. The van der Waals surface area contributed by atoms with E-state index in [1.807, 2.05) is 12.1 Å². The number of rotatable bonds is 4. The fourth-order valence-electron chi connectivity index (χ4n) is 1.36. The summed E-state index contributed by atoms with van der Waals surface area (Å²) in [5, 5.41) is 7.40. The van der Waals surface area contributed by atoms with Gasteiger partial charge in [-0.15, -0.1) is 5.10 Å². The molecule has 0 aromatic carbocycles. The quantitative estimate of drug-likeness (QED) is 0.903. The molecule has 0 radical (unpaired) electrons. The number of halogens is 1. The van der Waals surface area contributed by atoms with E-state index in [0.29, 0.717) is 23.6 Å². The summed E-state index contributed by atoms with van der Waals surface area (Å²) in [6, 6.07) is 3.70. The minimum atomic E-state index is 0.316. The molecule has 18 heavy (non-hydrogen) atoms. The van der Waals surface area contributed by atoms with Crippen molar-refractivity contribution in [1.29, 1.82) is 0 Å². The summed E-state index contributed by atoms with van der Waals surface area (Å²) in [5.74, 6) is 1.99. The lowest BCUT2D eigenvalue weighted by Gasteiger charge is -2.03. The molecule has 2 heterocycles. The topological polar surface area (TPSA) is 81.6 Å². The van der Waals surface area contributed by atoms with Crippen LogP contribution >= 0.6 is 15.9 Å². The number of aromatic nitrogens is 4. The van der Waals surface area contributed by atoms with Crippen molar-refractivity contribution >= 4 is 27.8 Å². The lowest BCUT2D eigenvalue weighted by Crippen LogP contribution is -2.09. The Labute approximate surface area is 114 Å². The van der Waals surface area contributed by atoms with Crippen LogP contribution in [0.25, 0.3) is 5.82 Å². The van der Waals surface area contributed by atoms with Gasteiger partial charge < -0.3 is 11.1 Å². The van der Waals surface area contributed by atoms with E-state index < -0.39 is 0 Å². The summed E-state index contributed by atoms with van der Waals surface area (Å²) in [5.41, 5.74) is 5.82. The molecule has 7 heteroatoms. The summed E-state index contributed by atoms with van der Waals surface area (Å²) in [6.07, 6.45) is 1.69. The lowest BCUT2D eigenvalue weighted by molar-refractivity contribution is 0.684. The zero-order valence-corrected chi connectivity index (χ0v) is 11.8. The first-order valence-corrected chi connectivity index (χ1v) is 6.44. The lowest BCUT2D eigenvalue weighted by atomic mass is 10.2. The minimum absolute atomic E-state index is 0.316. The summed E-state index contributed by atoms with van der Waals surface area (Å²) < 4.78 is 2.41. The highest BCUT2D eigenvalue weighted by Crippen LogP contribution is 2.14. The van der Waals surface area contributed by atoms with Crippen molar-refractivity contribution in [3.63, 3.8) is 0 Å². The third kappa shape index (κ3) is 2.98. The van der Waals surface area contributed by atoms with Gasteiger partial charge in [-0.3, -0.25) is 0 Å². The van der Waals surface area contributed by atoms with Crippen LogP contribution in [0.1, 0.15) is 13.8 Å². The van der Waals surface area contributed by atoms with Crippen molar-refractivity contribution in [2.24, 2.45) is 5.92 Å². The average molecular weight is 311 g/mol. The smallest absolute Gasteiger partial charge is 0.244 e. The van der Waals surface area contributed by atoms with Crippen LogP contribution in [0.15, 0.2) is 22.8 Å². The third-order valence-electron chi connectivity index (χ3n) is 2.23. The molecule has 96 valence electrons. The molecule has 2 aromatic heterocycles. The Bertz CT molecular complexity index is 519. The molecule has 0 amide bonds. The molecule has 0 aliphatic rings. The fraction of sp³-hybridized carbons (Fsp3) is 0.364. The first-order valence-electron chi connectivity index (χ1n) is 5.64. The molecular formula is C11H15BrN6. The molecule has 0 spiro atoms. The Morgan fingerprint density at radius 1 is 1.44 bits per heavy atom. The van der Waals surface area contributed by atoms with Crippen molar-refractivity contribution in [3.8, 4) is 5.82 Å². The van der Waals surface area contributed by atoms with Crippen LogP contribution in [0.3, 0.4) is 0 Å². The van der Waals surface area contributed by atoms with Crippen LogP contribution in [-0.2, 0) is 0 Å². The van der Waals surface area contributed by atoms with Gasteiger partial charge in [-0.25, -0.2) is 4.98 Å². The Morgan fingerprint density at radius 3 is 2.83 bits per heavy atom. The van der Waals surface area contributed by atoms with E-state index in [9.17, 15) is 0 Å². The number of nitrogens with two attached hydrogens (primary N) is 1. The second-order valence-corrected chi connectivity index (χ2v) is 5.23. The van der Waals surface area contributed by atoms with Gasteiger partial charge in [0.05, 0.1) is 0 Å². The maximum atomic E-state index is 5.82. The highest BCUT2D eigenvalue weighted by molar-refractivity contribution is 9.10. The van der Waals surface area contributed by atoms with Gasteiger partial charge in [0.2, 0.25) is 11.9 Å². The number of anilines is 2. The van der Waals surface area contributed by atoms with Gasteiger partial charge in [0.25, 0.3) is 0 Å². The SMILES string of the molecule is CC(C)CNc1nc(N)n(-c2ccc(Br)cn2)n1. The van der Waals surface area contributed by atoms with E-state index in [1.54, 1.807) is 6.20 Å². The van der Waals surface area contributed by atoms with Crippen LogP contribution in [0.5, 0.6) is 0 Å². The first kappa shape index (κ1) is 12.8. The number of hydrogen-bond acceptors (Lipinski definition) is 5. The monoisotopic (exact) mass is 310 g/mol. The van der Waals surface area contributed by atoms with Gasteiger partial charge >= 0.3 is 0 Å². The molecule has 0 bridgehead atoms. The number of hydrogen-bond donors (Lipinski definition) is 2. The Morgan fingerprint density at radius 2 is 2.22 bits per heavy atom. The van der Waals surface area contributed by atoms with E-state index >= 15 is 0 Å². The predicted octanol–water partition coefficient (Wildman–Crippen LogP) is 2.07. The molecule has 2 aromatic rings. The van der Waals surface area contributed by atoms with Crippen molar-refractivity contribution in [3.05, 3.63) is 22.8 Å². The van der Waals surface area contributed by atoms with Crippen molar-refractivity contribution in [2.45, 2.75) is 13.8 Å². The van der Waals surface area contributed by atoms with Crippen LogP contribution in [0.2, 0.25) is 0 Å². The standard InChI is InChI=1S/C11H15BrN6/c1-7(2)5-15-11-16-10(13)18(17-11)9-4-3-8(12)6-14-9/h3-4,6-7H,5H2,1-2H3,(H3,13,15,16,17). The Hall–Kier alpha value is -1.63. The van der Waals surface area contributed by atoms with Gasteiger partial charge in [0.15, 0.2) is 5.82 Å². The Balaban J connectivity index is 2.21. The Kier molecular flexibility index (Phi) is 3.81. The fourth-order valence-corrected chi connectivity index (χ4v) is 1.59. The number of nitrogen functional groups attached to an aromatic ring is 1. The summed E-state index contributed by atoms with van der Waals surface area (Å²) in [7, 11) is 0. The molecule has 6 nitrogen and oxygen atoms in total. The molecule has 0 aliphatic carbocycles. The molecule has 0 fully saturated rings. The van der Waals surface area contributed by atoms with E-state index in [0.717, 1.165) is 11.0 Å². The molecule has 0 saturated heterocycles. The molecule has 0 unspecified atom stereocenters. The van der Waals surface area contributed by atoms with Gasteiger partial charge in [-0.2, -0.15) is 9.67 Å². The van der Waals surface area contributed by atoms with Crippen LogP contribution < -0.4 is 11.1 Å². The van der Waals surface area contributed by atoms with Gasteiger partial charge in [-0.1, -0.05) is 13.8 Å². The molecule has 0 atom stereocenters. The maximum Gasteiger partial charge on any atom is 0.244 e. The van der Waals surface area contributed by atoms with Gasteiger partial charge in [0.1, 0.15) is 0 Å². The summed E-state index contributed by atoms with van der Waals surface area (Å²) in [6.45, 7) is 5.03. The number of nitrogens with zero attached hydrogens (tertiary/aromatic N) is 4. The van der Waals surface area contributed by atoms with Crippen LogP contribution in [0, 0.1) is 5.92 Å². The molecule has 3 N–H and O–H groups in total. The summed E-state index contributed by atoms with van der Waals surface area (Å²) >= 11 is 3.33. The predicted molar refractivity (Wildman–Crippen MR) is 74.6 cm³/mol. The zero-order chi connectivity index (χ0) is 13.1. The number of pyridine rings is 1. The summed E-state index contributed by atoms with van der Waals surface area (Å²) in [4.78, 5) is 8.37. The van der Waals surface area contributed by atoms with E-state index in [1.165, 1.54) is 4.68 Å². The number of nitrogens with one attached hydrogen (secondary N) is 1. The molecule has 0 aliphatic heterocycles. The largest absolute Gasteiger partial charge is 0.368 e. The average Bonchev–Trinajstić information content (AvgIpc) is 2.69. The van der Waals surface area contributed by atoms with E-state index in [4.69, 9.17) is 5.73 Å². The van der Waals surface area contributed by atoms with Crippen LogP contribution in [-0.4, -0.2) is 26.3 Å². The maximum absolute atomic E-state index is 5.82. The van der Waals surface area contributed by atoms with Gasteiger partial charge in [-0.05, 0) is 34.0 Å². The van der Waals surface area contributed by atoms with E-state index in [2.05, 4.69) is 50.2 Å². The highest BCUT2D eigenvalue weighted by Gasteiger charge is 2.09. The molecule has 0 saturated carbocycles. The van der Waals surface area contributed by atoms with Crippen molar-refractivity contribution in [2.75, 3.05) is 17.6 Å². The zero-order valence-electron chi connectivity index (χ0n) is 10.3. The first-order chi connectivity index (χ1) is 8.56. The third-order valence-corrected chi connectivity index (χ3v) is 2.70. The van der Waals surface area contributed by atoms with Crippen LogP contribution in [0.4, 0.5) is 11.9 Å².